The Kier molecular flexibility index (Phi) is 5.14. The highest BCUT2D eigenvalue weighted by atomic mass is 35.5. The third-order valence-electron chi connectivity index (χ3n) is 2.80. The standard InChI is InChI=1S/C15H16ClNOS/c1-18-14-7-6-11(9-17)8-12(14)10-19-15-5-3-2-4-13(15)16/h2-8H,9-10,17H2,1H3. The fourth-order valence-corrected chi connectivity index (χ4v) is 3.01. The molecule has 0 amide bonds. The van der Waals surface area contributed by atoms with E-state index in [1.54, 1.807) is 18.9 Å². The van der Waals surface area contributed by atoms with E-state index >= 15 is 0 Å². The van der Waals surface area contributed by atoms with Gasteiger partial charge >= 0.3 is 0 Å². The van der Waals surface area contributed by atoms with Gasteiger partial charge < -0.3 is 10.5 Å². The zero-order valence-corrected chi connectivity index (χ0v) is 12.3. The van der Waals surface area contributed by atoms with Crippen LogP contribution in [0.25, 0.3) is 0 Å². The highest BCUT2D eigenvalue weighted by molar-refractivity contribution is 7.98. The maximum atomic E-state index is 6.15. The van der Waals surface area contributed by atoms with E-state index in [1.165, 1.54) is 0 Å². The second kappa shape index (κ2) is 6.85. The SMILES string of the molecule is COc1ccc(CN)cc1CSc1ccccc1Cl. The van der Waals surface area contributed by atoms with Crippen LogP contribution in [-0.2, 0) is 12.3 Å². The Hall–Kier alpha value is -1.16. The van der Waals surface area contributed by atoms with Gasteiger partial charge in [-0.1, -0.05) is 29.8 Å². The van der Waals surface area contributed by atoms with E-state index < -0.39 is 0 Å². The maximum Gasteiger partial charge on any atom is 0.122 e. The van der Waals surface area contributed by atoms with E-state index in [4.69, 9.17) is 22.1 Å². The first-order valence-corrected chi connectivity index (χ1v) is 7.34. The molecule has 0 bridgehead atoms. The van der Waals surface area contributed by atoms with Crippen LogP contribution in [0, 0.1) is 0 Å². The Morgan fingerprint density at radius 1 is 1.21 bits per heavy atom. The van der Waals surface area contributed by atoms with Crippen LogP contribution in [0.5, 0.6) is 5.75 Å². The quantitative estimate of drug-likeness (QED) is 0.843. The number of benzene rings is 2. The van der Waals surface area contributed by atoms with Crippen molar-refractivity contribution in [3.63, 3.8) is 0 Å². The largest absolute Gasteiger partial charge is 0.496 e. The summed E-state index contributed by atoms with van der Waals surface area (Å²) in [7, 11) is 1.68. The summed E-state index contributed by atoms with van der Waals surface area (Å²) in [5.41, 5.74) is 7.91. The molecule has 0 aliphatic rings. The van der Waals surface area contributed by atoms with E-state index in [-0.39, 0.29) is 0 Å². The first-order chi connectivity index (χ1) is 9.24. The van der Waals surface area contributed by atoms with Crippen molar-refractivity contribution >= 4 is 23.4 Å². The maximum absolute atomic E-state index is 6.15. The molecular formula is C15H16ClNOS. The summed E-state index contributed by atoms with van der Waals surface area (Å²) in [6, 6.07) is 13.9. The van der Waals surface area contributed by atoms with E-state index in [9.17, 15) is 0 Å². The predicted octanol–water partition coefficient (Wildman–Crippen LogP) is 4.10. The van der Waals surface area contributed by atoms with Gasteiger partial charge in [-0.3, -0.25) is 0 Å². The molecule has 0 spiro atoms. The van der Waals surface area contributed by atoms with Crippen molar-refractivity contribution < 1.29 is 4.74 Å². The van der Waals surface area contributed by atoms with Gasteiger partial charge in [-0.25, -0.2) is 0 Å². The number of hydrogen-bond acceptors (Lipinski definition) is 3. The summed E-state index contributed by atoms with van der Waals surface area (Å²) in [5, 5.41) is 0.779. The molecular weight excluding hydrogens is 278 g/mol. The Bertz CT molecular complexity index is 560. The van der Waals surface area contributed by atoms with Crippen LogP contribution in [0.1, 0.15) is 11.1 Å². The van der Waals surface area contributed by atoms with Crippen LogP contribution in [0.15, 0.2) is 47.4 Å². The summed E-state index contributed by atoms with van der Waals surface area (Å²) >= 11 is 7.85. The number of halogens is 1. The Balaban J connectivity index is 2.16. The highest BCUT2D eigenvalue weighted by Crippen LogP contribution is 2.32. The van der Waals surface area contributed by atoms with E-state index in [0.717, 1.165) is 32.5 Å². The van der Waals surface area contributed by atoms with Crippen LogP contribution in [0.2, 0.25) is 5.02 Å². The van der Waals surface area contributed by atoms with Crippen molar-refractivity contribution in [1.82, 2.24) is 0 Å². The lowest BCUT2D eigenvalue weighted by molar-refractivity contribution is 0.411. The summed E-state index contributed by atoms with van der Waals surface area (Å²) in [6.07, 6.45) is 0. The molecule has 0 atom stereocenters. The molecule has 19 heavy (non-hydrogen) atoms. The van der Waals surface area contributed by atoms with Crippen molar-refractivity contribution in [2.45, 2.75) is 17.2 Å². The van der Waals surface area contributed by atoms with Crippen molar-refractivity contribution in [2.24, 2.45) is 5.73 Å². The molecule has 0 heterocycles. The molecule has 2 aromatic carbocycles. The van der Waals surface area contributed by atoms with E-state index in [2.05, 4.69) is 6.07 Å². The minimum atomic E-state index is 0.535. The molecule has 0 aliphatic heterocycles. The van der Waals surface area contributed by atoms with Crippen LogP contribution >= 0.6 is 23.4 Å². The zero-order valence-electron chi connectivity index (χ0n) is 10.7. The molecule has 2 N–H and O–H groups in total. The number of rotatable bonds is 5. The third kappa shape index (κ3) is 3.66. The molecule has 4 heteroatoms. The van der Waals surface area contributed by atoms with Crippen LogP contribution in [0.3, 0.4) is 0 Å². The number of thioether (sulfide) groups is 1. The van der Waals surface area contributed by atoms with Gasteiger partial charge in [0, 0.05) is 22.8 Å². The van der Waals surface area contributed by atoms with Gasteiger partial charge in [0.25, 0.3) is 0 Å². The molecule has 2 aromatic rings. The molecule has 0 saturated heterocycles. The summed E-state index contributed by atoms with van der Waals surface area (Å²) in [6.45, 7) is 0.535. The summed E-state index contributed by atoms with van der Waals surface area (Å²) < 4.78 is 5.38. The summed E-state index contributed by atoms with van der Waals surface area (Å²) in [5.74, 6) is 1.69. The minimum absolute atomic E-state index is 0.535. The molecule has 0 saturated carbocycles. The predicted molar refractivity (Wildman–Crippen MR) is 81.9 cm³/mol. The first kappa shape index (κ1) is 14.3. The molecule has 2 rings (SSSR count). The van der Waals surface area contributed by atoms with Gasteiger partial charge in [-0.2, -0.15) is 0 Å². The van der Waals surface area contributed by atoms with Gasteiger partial charge in [0.1, 0.15) is 5.75 Å². The van der Waals surface area contributed by atoms with Gasteiger partial charge in [0.05, 0.1) is 12.1 Å². The molecule has 0 fully saturated rings. The molecule has 0 radical (unpaired) electrons. The first-order valence-electron chi connectivity index (χ1n) is 5.97. The second-order valence-electron chi connectivity index (χ2n) is 4.07. The van der Waals surface area contributed by atoms with Crippen LogP contribution < -0.4 is 10.5 Å². The fourth-order valence-electron chi connectivity index (χ4n) is 1.79. The lowest BCUT2D eigenvalue weighted by Crippen LogP contribution is -1.98. The smallest absolute Gasteiger partial charge is 0.122 e. The number of hydrogen-bond donors (Lipinski definition) is 1. The molecule has 100 valence electrons. The molecule has 0 aliphatic carbocycles. The lowest BCUT2D eigenvalue weighted by atomic mass is 10.1. The number of ether oxygens (including phenoxy) is 1. The number of methoxy groups -OCH3 is 1. The fraction of sp³-hybridized carbons (Fsp3) is 0.200. The monoisotopic (exact) mass is 293 g/mol. The zero-order chi connectivity index (χ0) is 13.7. The topological polar surface area (TPSA) is 35.2 Å². The number of nitrogens with two attached hydrogens (primary N) is 1. The highest BCUT2D eigenvalue weighted by Gasteiger charge is 2.06. The molecule has 0 unspecified atom stereocenters. The van der Waals surface area contributed by atoms with Gasteiger partial charge in [-0.05, 0) is 29.8 Å². The Labute approximate surface area is 122 Å². The average Bonchev–Trinajstić information content (AvgIpc) is 2.46. The van der Waals surface area contributed by atoms with Crippen molar-refractivity contribution in [1.29, 1.82) is 0 Å². The Morgan fingerprint density at radius 3 is 2.68 bits per heavy atom. The minimum Gasteiger partial charge on any atom is -0.496 e. The van der Waals surface area contributed by atoms with Crippen molar-refractivity contribution in [3.8, 4) is 5.75 Å². The van der Waals surface area contributed by atoms with Crippen molar-refractivity contribution in [3.05, 3.63) is 58.6 Å². The lowest BCUT2D eigenvalue weighted by Gasteiger charge is -2.10. The van der Waals surface area contributed by atoms with Crippen molar-refractivity contribution in [2.75, 3.05) is 7.11 Å². The molecule has 2 nitrogen and oxygen atoms in total. The van der Waals surface area contributed by atoms with Gasteiger partial charge in [0.15, 0.2) is 0 Å². The normalized spacial score (nSPS) is 10.5. The van der Waals surface area contributed by atoms with Gasteiger partial charge in [0.2, 0.25) is 0 Å². The average molecular weight is 294 g/mol. The van der Waals surface area contributed by atoms with E-state index in [0.29, 0.717) is 6.54 Å². The van der Waals surface area contributed by atoms with Gasteiger partial charge in [-0.15, -0.1) is 11.8 Å². The molecule has 0 aromatic heterocycles. The van der Waals surface area contributed by atoms with Crippen LogP contribution in [0.4, 0.5) is 0 Å². The third-order valence-corrected chi connectivity index (χ3v) is 4.36. The summed E-state index contributed by atoms with van der Waals surface area (Å²) in [4.78, 5) is 1.07. The van der Waals surface area contributed by atoms with E-state index in [1.807, 2.05) is 36.4 Å². The Morgan fingerprint density at radius 2 is 2.00 bits per heavy atom. The van der Waals surface area contributed by atoms with Crippen LogP contribution in [-0.4, -0.2) is 7.11 Å². The second-order valence-corrected chi connectivity index (χ2v) is 5.49.